The maximum atomic E-state index is 12.9. The van der Waals surface area contributed by atoms with E-state index >= 15 is 0 Å². The standard InChI is InChI=1S/C30H56N6O3/c1-21-27-12-15-36(18-23(27)8-9-28(21)39-20-25-11-14-33-35(25)2)19-26(37)17-32-30(38)22-10-13-31-29(16-22)34-24-6-4-3-5-7-24/h21-29,31,33-34,37H,3-20H2,1-2H3,(H,32,38)/t21?,22?,23?,25?,26-,27?,28?,29?/m0/s1. The van der Waals surface area contributed by atoms with Crippen LogP contribution >= 0.6 is 0 Å². The Hall–Kier alpha value is -0.810. The van der Waals surface area contributed by atoms with Gasteiger partial charge in [-0.15, -0.1) is 0 Å². The smallest absolute Gasteiger partial charge is 0.223 e. The quantitative estimate of drug-likeness (QED) is 0.281. The number of fused-ring (bicyclic) bond motifs is 1. The highest BCUT2D eigenvalue weighted by atomic mass is 16.5. The van der Waals surface area contributed by atoms with Crippen molar-refractivity contribution in [2.24, 2.45) is 23.7 Å². The number of carbonyl (C=O) groups excluding carboxylic acids is 1. The molecule has 1 amide bonds. The van der Waals surface area contributed by atoms with Crippen molar-refractivity contribution in [1.29, 1.82) is 0 Å². The predicted molar refractivity (Wildman–Crippen MR) is 154 cm³/mol. The highest BCUT2D eigenvalue weighted by Crippen LogP contribution is 2.41. The third kappa shape index (κ3) is 8.15. The van der Waals surface area contributed by atoms with E-state index in [1.54, 1.807) is 0 Å². The van der Waals surface area contributed by atoms with Crippen molar-refractivity contribution in [2.75, 3.05) is 52.9 Å². The van der Waals surface area contributed by atoms with Crippen LogP contribution in [0.2, 0.25) is 0 Å². The van der Waals surface area contributed by atoms with Gasteiger partial charge in [0.05, 0.1) is 25.0 Å². The van der Waals surface area contributed by atoms with Gasteiger partial charge in [-0.1, -0.05) is 26.2 Å². The van der Waals surface area contributed by atoms with Crippen molar-refractivity contribution in [3.05, 3.63) is 0 Å². The Kier molecular flexibility index (Phi) is 10.9. The van der Waals surface area contributed by atoms with Crippen molar-refractivity contribution in [3.63, 3.8) is 0 Å². The minimum absolute atomic E-state index is 0.0273. The average Bonchev–Trinajstić information content (AvgIpc) is 3.36. The number of hydrogen-bond donors (Lipinski definition) is 5. The van der Waals surface area contributed by atoms with Gasteiger partial charge in [0.15, 0.2) is 0 Å². The molecule has 39 heavy (non-hydrogen) atoms. The molecule has 3 heterocycles. The van der Waals surface area contributed by atoms with Crippen LogP contribution in [-0.4, -0.2) is 104 Å². The van der Waals surface area contributed by atoms with Gasteiger partial charge in [0.25, 0.3) is 0 Å². The predicted octanol–water partition coefficient (Wildman–Crippen LogP) is 1.67. The molecular formula is C30H56N6O3. The summed E-state index contributed by atoms with van der Waals surface area (Å²) in [6.07, 6.45) is 13.0. The second-order valence-electron chi connectivity index (χ2n) is 13.4. The topological polar surface area (TPSA) is 101 Å². The van der Waals surface area contributed by atoms with Gasteiger partial charge < -0.3 is 25.4 Å². The van der Waals surface area contributed by atoms with Crippen LogP contribution in [0.3, 0.4) is 0 Å². The first-order chi connectivity index (χ1) is 19.0. The largest absolute Gasteiger partial charge is 0.390 e. The molecule has 5 aliphatic rings. The molecule has 5 N–H and O–H groups in total. The number of piperidine rings is 2. The second kappa shape index (κ2) is 14.4. The minimum Gasteiger partial charge on any atom is -0.390 e. The molecule has 0 aromatic heterocycles. The normalized spacial score (nSPS) is 37.9. The van der Waals surface area contributed by atoms with E-state index in [0.717, 1.165) is 58.5 Å². The lowest BCUT2D eigenvalue weighted by atomic mass is 9.68. The maximum absolute atomic E-state index is 12.9. The summed E-state index contributed by atoms with van der Waals surface area (Å²) in [5.74, 6) is 2.13. The number of likely N-dealkylation sites (N-methyl/N-ethyl adjacent to an activating group) is 1. The lowest BCUT2D eigenvalue weighted by Gasteiger charge is -2.47. The van der Waals surface area contributed by atoms with Crippen molar-refractivity contribution in [1.82, 2.24) is 31.3 Å². The fraction of sp³-hybridized carbons (Fsp3) is 0.967. The molecule has 7 unspecified atom stereocenters. The highest BCUT2D eigenvalue weighted by molar-refractivity contribution is 5.78. The van der Waals surface area contributed by atoms with E-state index in [1.165, 1.54) is 44.9 Å². The lowest BCUT2D eigenvalue weighted by Crippen LogP contribution is -2.54. The number of aliphatic hydroxyl groups excluding tert-OH is 1. The van der Waals surface area contributed by atoms with Crippen LogP contribution < -0.4 is 21.4 Å². The van der Waals surface area contributed by atoms with Crippen LogP contribution in [0.1, 0.15) is 77.6 Å². The Morgan fingerprint density at radius 2 is 1.92 bits per heavy atom. The van der Waals surface area contributed by atoms with Crippen LogP contribution in [-0.2, 0) is 9.53 Å². The van der Waals surface area contributed by atoms with Crippen LogP contribution in [0.5, 0.6) is 0 Å². The number of amides is 1. The third-order valence-electron chi connectivity index (χ3n) is 10.6. The van der Waals surface area contributed by atoms with Crippen LogP contribution in [0.15, 0.2) is 0 Å². The van der Waals surface area contributed by atoms with Gasteiger partial charge in [0.1, 0.15) is 0 Å². The van der Waals surface area contributed by atoms with Gasteiger partial charge in [-0.25, -0.2) is 5.01 Å². The molecule has 2 saturated carbocycles. The van der Waals surface area contributed by atoms with E-state index in [2.05, 4.69) is 45.3 Å². The number of hydrazine groups is 1. The van der Waals surface area contributed by atoms with E-state index in [4.69, 9.17) is 4.74 Å². The molecule has 0 aromatic carbocycles. The van der Waals surface area contributed by atoms with E-state index in [1.807, 2.05) is 0 Å². The zero-order valence-corrected chi connectivity index (χ0v) is 24.6. The summed E-state index contributed by atoms with van der Waals surface area (Å²) in [6, 6.07) is 1.08. The molecule has 224 valence electrons. The molecule has 8 atom stereocenters. The number of hydrogen-bond acceptors (Lipinski definition) is 8. The highest BCUT2D eigenvalue weighted by Gasteiger charge is 2.41. The van der Waals surface area contributed by atoms with Crippen LogP contribution in [0.4, 0.5) is 0 Å². The maximum Gasteiger partial charge on any atom is 0.223 e. The molecule has 0 bridgehead atoms. The second-order valence-corrected chi connectivity index (χ2v) is 13.4. The SMILES string of the molecule is CC1C(OCC2CCNN2C)CCC2CN(C[C@@H](O)CNC(=O)C3CCNC(NC4CCCCC4)C3)CCC21. The Morgan fingerprint density at radius 3 is 2.72 bits per heavy atom. The summed E-state index contributed by atoms with van der Waals surface area (Å²) in [6.45, 7) is 8.24. The fourth-order valence-electron chi connectivity index (χ4n) is 8.16. The zero-order chi connectivity index (χ0) is 27.2. The minimum atomic E-state index is -0.516. The van der Waals surface area contributed by atoms with E-state index in [-0.39, 0.29) is 18.0 Å². The summed E-state index contributed by atoms with van der Waals surface area (Å²) < 4.78 is 6.46. The number of likely N-dealkylation sites (tertiary alicyclic amines) is 1. The Bertz CT molecular complexity index is 767. The van der Waals surface area contributed by atoms with Gasteiger partial charge in [-0.2, -0.15) is 0 Å². The van der Waals surface area contributed by atoms with E-state index < -0.39 is 6.10 Å². The fourth-order valence-corrected chi connectivity index (χ4v) is 8.16. The zero-order valence-electron chi connectivity index (χ0n) is 24.6. The molecule has 5 fully saturated rings. The summed E-state index contributed by atoms with van der Waals surface area (Å²) >= 11 is 0. The molecule has 3 saturated heterocycles. The molecule has 0 radical (unpaired) electrons. The Morgan fingerprint density at radius 1 is 1.08 bits per heavy atom. The van der Waals surface area contributed by atoms with E-state index in [9.17, 15) is 9.90 Å². The van der Waals surface area contributed by atoms with Gasteiger partial charge in [-0.3, -0.25) is 15.5 Å². The molecule has 9 nitrogen and oxygen atoms in total. The van der Waals surface area contributed by atoms with Crippen molar-refractivity contribution < 1.29 is 14.6 Å². The number of carbonyl (C=O) groups is 1. The first-order valence-corrected chi connectivity index (χ1v) is 16.2. The number of nitrogens with zero attached hydrogens (tertiary/aromatic N) is 2. The lowest BCUT2D eigenvalue weighted by molar-refractivity contribution is -0.126. The number of rotatable bonds is 10. The van der Waals surface area contributed by atoms with Crippen molar-refractivity contribution in [2.45, 2.75) is 108 Å². The Labute approximate surface area is 236 Å². The molecule has 3 aliphatic heterocycles. The van der Waals surface area contributed by atoms with Crippen LogP contribution in [0.25, 0.3) is 0 Å². The molecule has 2 aliphatic carbocycles. The van der Waals surface area contributed by atoms with Gasteiger partial charge in [0.2, 0.25) is 5.91 Å². The van der Waals surface area contributed by atoms with Gasteiger partial charge in [-0.05, 0) is 82.2 Å². The third-order valence-corrected chi connectivity index (χ3v) is 10.6. The Balaban J connectivity index is 0.988. The van der Waals surface area contributed by atoms with Gasteiger partial charge in [0, 0.05) is 51.2 Å². The molecular weight excluding hydrogens is 492 g/mol. The summed E-state index contributed by atoms with van der Waals surface area (Å²) in [4.78, 5) is 15.4. The van der Waals surface area contributed by atoms with Crippen molar-refractivity contribution >= 4 is 5.91 Å². The van der Waals surface area contributed by atoms with Gasteiger partial charge >= 0.3 is 0 Å². The summed E-state index contributed by atoms with van der Waals surface area (Å²) in [5, 5.41) is 23.4. The monoisotopic (exact) mass is 548 g/mol. The molecule has 0 spiro atoms. The number of aliphatic hydroxyl groups is 1. The number of β-amino-alcohol motifs (C(OH)–C–C–N with tert-alkyl or cyclic N) is 1. The molecule has 9 heteroatoms. The summed E-state index contributed by atoms with van der Waals surface area (Å²) in [7, 11) is 2.12. The van der Waals surface area contributed by atoms with E-state index in [0.29, 0.717) is 49.0 Å². The number of nitrogens with one attached hydrogen (secondary N) is 4. The van der Waals surface area contributed by atoms with Crippen LogP contribution in [0, 0.1) is 23.7 Å². The first-order valence-electron chi connectivity index (χ1n) is 16.2. The van der Waals surface area contributed by atoms with Crippen molar-refractivity contribution in [3.8, 4) is 0 Å². The average molecular weight is 549 g/mol. The molecule has 5 rings (SSSR count). The number of ether oxygens (including phenoxy) is 1. The first kappa shape index (κ1) is 29.7. The molecule has 0 aromatic rings. The summed E-state index contributed by atoms with van der Waals surface area (Å²) in [5.41, 5.74) is 3.38.